The van der Waals surface area contributed by atoms with Crippen LogP contribution in [-0.4, -0.2) is 30.5 Å². The Kier molecular flexibility index (Phi) is 8.87. The molecule has 0 radical (unpaired) electrons. The largest absolute Gasteiger partial charge is 0.355 e. The molecule has 0 fully saturated rings. The van der Waals surface area contributed by atoms with Gasteiger partial charge in [-0.05, 0) is 12.1 Å². The summed E-state index contributed by atoms with van der Waals surface area (Å²) in [6.07, 6.45) is 0.114. The van der Waals surface area contributed by atoms with Gasteiger partial charge in [0.25, 0.3) is 5.69 Å². The van der Waals surface area contributed by atoms with E-state index in [9.17, 15) is 14.9 Å². The van der Waals surface area contributed by atoms with Gasteiger partial charge in [-0.25, -0.2) is 0 Å². The summed E-state index contributed by atoms with van der Waals surface area (Å²) in [4.78, 5) is 21.6. The Morgan fingerprint density at radius 3 is 2.65 bits per heavy atom. The molecule has 2 N–H and O–H groups in total. The molecule has 0 atom stereocenters. The summed E-state index contributed by atoms with van der Waals surface area (Å²) < 4.78 is 0. The van der Waals surface area contributed by atoms with E-state index in [1.807, 2.05) is 6.92 Å². The average Bonchev–Trinajstić information content (AvgIpc) is 2.37. The highest BCUT2D eigenvalue weighted by atomic mass is 35.5. The number of carbonyl (C=O) groups excluding carboxylic acids is 1. The van der Waals surface area contributed by atoms with Crippen LogP contribution in [-0.2, 0) is 11.2 Å². The highest BCUT2D eigenvalue weighted by Crippen LogP contribution is 2.22. The summed E-state index contributed by atoms with van der Waals surface area (Å²) in [5.41, 5.74) is 0.495. The number of rotatable bonds is 7. The predicted molar refractivity (Wildman–Crippen MR) is 80.6 cm³/mol. The van der Waals surface area contributed by atoms with Crippen LogP contribution in [0.5, 0.6) is 0 Å². The second kappa shape index (κ2) is 9.52. The average molecular weight is 322 g/mol. The maximum atomic E-state index is 11.6. The summed E-state index contributed by atoms with van der Waals surface area (Å²) in [5, 5.41) is 16.6. The number of nitro groups is 1. The van der Waals surface area contributed by atoms with Gasteiger partial charge in [0.1, 0.15) is 0 Å². The first kappa shape index (κ1) is 18.6. The monoisotopic (exact) mass is 321 g/mol. The third kappa shape index (κ3) is 6.18. The zero-order valence-electron chi connectivity index (χ0n) is 11.0. The second-order valence-electron chi connectivity index (χ2n) is 3.91. The molecule has 0 unspecified atom stereocenters. The molecule has 0 aliphatic rings. The molecule has 0 saturated carbocycles. The highest BCUT2D eigenvalue weighted by molar-refractivity contribution is 6.31. The molecule has 0 bridgehead atoms. The van der Waals surface area contributed by atoms with Gasteiger partial charge in [-0.2, -0.15) is 0 Å². The van der Waals surface area contributed by atoms with Gasteiger partial charge in [0, 0.05) is 25.2 Å². The van der Waals surface area contributed by atoms with E-state index in [4.69, 9.17) is 11.6 Å². The van der Waals surface area contributed by atoms with E-state index < -0.39 is 4.92 Å². The molecule has 0 aromatic heterocycles. The van der Waals surface area contributed by atoms with Crippen molar-refractivity contribution >= 4 is 35.6 Å². The van der Waals surface area contributed by atoms with E-state index in [2.05, 4.69) is 10.6 Å². The molecule has 1 amide bonds. The first-order valence-electron chi connectivity index (χ1n) is 5.94. The molecule has 1 aromatic carbocycles. The SMILES string of the molecule is CCNCCNC(=O)Cc1ccc([N+](=O)[O-])cc1Cl.Cl. The third-order valence-electron chi connectivity index (χ3n) is 2.47. The van der Waals surface area contributed by atoms with Crippen molar-refractivity contribution in [3.05, 3.63) is 38.9 Å². The summed E-state index contributed by atoms with van der Waals surface area (Å²) in [6.45, 7) is 4.08. The summed E-state index contributed by atoms with van der Waals surface area (Å²) in [6, 6.07) is 4.10. The molecule has 0 aliphatic carbocycles. The number of nitrogens with zero attached hydrogens (tertiary/aromatic N) is 1. The van der Waals surface area contributed by atoms with E-state index in [1.165, 1.54) is 18.2 Å². The van der Waals surface area contributed by atoms with Crippen LogP contribution < -0.4 is 10.6 Å². The first-order chi connectivity index (χ1) is 9.04. The molecule has 1 rings (SSSR count). The van der Waals surface area contributed by atoms with Crippen LogP contribution in [0.4, 0.5) is 5.69 Å². The van der Waals surface area contributed by atoms with Crippen molar-refractivity contribution < 1.29 is 9.72 Å². The van der Waals surface area contributed by atoms with Crippen molar-refractivity contribution in [2.75, 3.05) is 19.6 Å². The lowest BCUT2D eigenvalue weighted by Gasteiger charge is -2.06. The Labute approximate surface area is 128 Å². The number of benzene rings is 1. The van der Waals surface area contributed by atoms with Gasteiger partial charge >= 0.3 is 0 Å². The van der Waals surface area contributed by atoms with E-state index in [1.54, 1.807) is 0 Å². The van der Waals surface area contributed by atoms with Crippen molar-refractivity contribution in [3.63, 3.8) is 0 Å². The van der Waals surface area contributed by atoms with Crippen LogP contribution in [0.15, 0.2) is 18.2 Å². The van der Waals surface area contributed by atoms with Crippen LogP contribution in [0.3, 0.4) is 0 Å². The van der Waals surface area contributed by atoms with Crippen LogP contribution in [0.1, 0.15) is 12.5 Å². The predicted octanol–water partition coefficient (Wildman–Crippen LogP) is 1.94. The lowest BCUT2D eigenvalue weighted by Crippen LogP contribution is -2.32. The van der Waals surface area contributed by atoms with Gasteiger partial charge in [0.15, 0.2) is 0 Å². The maximum Gasteiger partial charge on any atom is 0.270 e. The minimum Gasteiger partial charge on any atom is -0.355 e. The minimum atomic E-state index is -0.522. The topological polar surface area (TPSA) is 84.3 Å². The van der Waals surface area contributed by atoms with Crippen LogP contribution >= 0.6 is 24.0 Å². The van der Waals surface area contributed by atoms with Gasteiger partial charge in [0.05, 0.1) is 16.4 Å². The van der Waals surface area contributed by atoms with Gasteiger partial charge in [-0.1, -0.05) is 24.6 Å². The number of nitrogens with one attached hydrogen (secondary N) is 2. The summed E-state index contributed by atoms with van der Waals surface area (Å²) in [7, 11) is 0. The quantitative estimate of drug-likeness (QED) is 0.456. The molecular formula is C12H17Cl2N3O3. The lowest BCUT2D eigenvalue weighted by atomic mass is 10.1. The number of nitro benzene ring substituents is 1. The zero-order valence-corrected chi connectivity index (χ0v) is 12.6. The normalized spacial score (nSPS) is 9.70. The molecule has 1 aromatic rings. The molecule has 112 valence electrons. The molecule has 0 saturated heterocycles. The van der Waals surface area contributed by atoms with Crippen molar-refractivity contribution in [1.82, 2.24) is 10.6 Å². The number of hydrogen-bond donors (Lipinski definition) is 2. The minimum absolute atomic E-state index is 0. The number of halogens is 2. The standard InChI is InChI=1S/C12H16ClN3O3.ClH/c1-2-14-5-6-15-12(17)7-9-3-4-10(16(18)19)8-11(9)13;/h3-4,8,14H,2,5-7H2,1H3,(H,15,17);1H. The second-order valence-corrected chi connectivity index (χ2v) is 4.32. The number of amides is 1. The van der Waals surface area contributed by atoms with E-state index >= 15 is 0 Å². The molecular weight excluding hydrogens is 305 g/mol. The van der Waals surface area contributed by atoms with Gasteiger partial charge in [-0.3, -0.25) is 14.9 Å². The smallest absolute Gasteiger partial charge is 0.270 e. The van der Waals surface area contributed by atoms with E-state index in [0.717, 1.165) is 6.54 Å². The molecule has 20 heavy (non-hydrogen) atoms. The molecule has 6 nitrogen and oxygen atoms in total. The summed E-state index contributed by atoms with van der Waals surface area (Å²) >= 11 is 5.90. The van der Waals surface area contributed by atoms with Crippen molar-refractivity contribution in [2.24, 2.45) is 0 Å². The highest BCUT2D eigenvalue weighted by Gasteiger charge is 2.11. The Morgan fingerprint density at radius 1 is 1.40 bits per heavy atom. The fraction of sp³-hybridized carbons (Fsp3) is 0.417. The van der Waals surface area contributed by atoms with E-state index in [-0.39, 0.29) is 35.4 Å². The Morgan fingerprint density at radius 2 is 2.10 bits per heavy atom. The lowest BCUT2D eigenvalue weighted by molar-refractivity contribution is -0.384. The fourth-order valence-corrected chi connectivity index (χ4v) is 1.74. The third-order valence-corrected chi connectivity index (χ3v) is 2.82. The van der Waals surface area contributed by atoms with Crippen molar-refractivity contribution in [2.45, 2.75) is 13.3 Å². The van der Waals surface area contributed by atoms with Crippen LogP contribution in [0.25, 0.3) is 0 Å². The number of likely N-dealkylation sites (N-methyl/N-ethyl adjacent to an activating group) is 1. The van der Waals surface area contributed by atoms with Crippen molar-refractivity contribution in [3.8, 4) is 0 Å². The van der Waals surface area contributed by atoms with Gasteiger partial charge in [0.2, 0.25) is 5.91 Å². The number of hydrogen-bond acceptors (Lipinski definition) is 4. The Bertz CT molecular complexity index is 469. The van der Waals surface area contributed by atoms with Crippen LogP contribution in [0.2, 0.25) is 5.02 Å². The fourth-order valence-electron chi connectivity index (χ4n) is 1.50. The molecule has 8 heteroatoms. The van der Waals surface area contributed by atoms with E-state index in [0.29, 0.717) is 18.7 Å². The number of carbonyl (C=O) groups is 1. The van der Waals surface area contributed by atoms with Crippen molar-refractivity contribution in [1.29, 1.82) is 0 Å². The number of non-ortho nitro benzene ring substituents is 1. The first-order valence-corrected chi connectivity index (χ1v) is 6.32. The van der Waals surface area contributed by atoms with Gasteiger partial charge in [-0.15, -0.1) is 12.4 Å². The molecule has 0 heterocycles. The van der Waals surface area contributed by atoms with Crippen LogP contribution in [0, 0.1) is 10.1 Å². The molecule has 0 spiro atoms. The van der Waals surface area contributed by atoms with Gasteiger partial charge < -0.3 is 10.6 Å². The molecule has 0 aliphatic heterocycles. The Balaban J connectivity index is 0.00000361. The summed E-state index contributed by atoms with van der Waals surface area (Å²) in [5.74, 6) is -0.159. The Hall–Kier alpha value is -1.37. The zero-order chi connectivity index (χ0) is 14.3. The maximum absolute atomic E-state index is 11.6.